The lowest BCUT2D eigenvalue weighted by molar-refractivity contribution is -0.141. The van der Waals surface area contributed by atoms with Crippen LogP contribution in [0.15, 0.2) is 18.3 Å². The van der Waals surface area contributed by atoms with E-state index in [0.29, 0.717) is 24.0 Å². The van der Waals surface area contributed by atoms with Gasteiger partial charge in [-0.1, -0.05) is 0 Å². The molecule has 1 aromatic heterocycles. The van der Waals surface area contributed by atoms with Crippen LogP contribution in [0, 0.1) is 0 Å². The number of aromatic nitrogens is 1. The van der Waals surface area contributed by atoms with Gasteiger partial charge in [0.05, 0.1) is 19.3 Å². The zero-order valence-corrected chi connectivity index (χ0v) is 11.7. The molecule has 0 N–H and O–H groups in total. The van der Waals surface area contributed by atoms with E-state index in [9.17, 15) is 9.59 Å². The first-order valence-electron chi connectivity index (χ1n) is 6.62. The fraction of sp³-hybridized carbons (Fsp3) is 0.500. The van der Waals surface area contributed by atoms with Crippen molar-refractivity contribution in [3.05, 3.63) is 23.9 Å². The summed E-state index contributed by atoms with van der Waals surface area (Å²) in [6, 6.07) is 3.52. The third kappa shape index (κ3) is 3.46. The Morgan fingerprint density at radius 1 is 1.45 bits per heavy atom. The Balaban J connectivity index is 2.17. The van der Waals surface area contributed by atoms with E-state index in [1.165, 1.54) is 7.11 Å². The quantitative estimate of drug-likeness (QED) is 0.733. The average molecular weight is 278 g/mol. The van der Waals surface area contributed by atoms with Crippen molar-refractivity contribution in [2.75, 3.05) is 25.2 Å². The van der Waals surface area contributed by atoms with Crippen molar-refractivity contribution in [3.8, 4) is 0 Å². The predicted molar refractivity (Wildman–Crippen MR) is 72.6 cm³/mol. The van der Waals surface area contributed by atoms with Gasteiger partial charge in [-0.2, -0.15) is 0 Å². The van der Waals surface area contributed by atoms with Gasteiger partial charge in [-0.05, 0) is 31.9 Å². The van der Waals surface area contributed by atoms with Gasteiger partial charge in [0.15, 0.2) is 0 Å². The van der Waals surface area contributed by atoms with Gasteiger partial charge in [-0.3, -0.25) is 4.79 Å². The summed E-state index contributed by atoms with van der Waals surface area (Å²) in [5.74, 6) is -0.103. The molecule has 108 valence electrons. The molecule has 1 heterocycles. The first-order valence-corrected chi connectivity index (χ1v) is 6.62. The zero-order chi connectivity index (χ0) is 14.5. The molecular formula is C14H18N2O4. The molecule has 6 heteroatoms. The molecule has 1 aromatic rings. The number of esters is 2. The number of hydrogen-bond acceptors (Lipinski definition) is 6. The molecule has 0 bridgehead atoms. The SMILES string of the molecule is CCOC(=O)CN(c1cc(C(=O)OC)ccn1)C1CC1. The minimum atomic E-state index is -0.416. The molecule has 0 aliphatic heterocycles. The molecule has 0 amide bonds. The molecule has 0 unspecified atom stereocenters. The number of carbonyl (C=O) groups is 2. The van der Waals surface area contributed by atoms with Gasteiger partial charge in [0, 0.05) is 12.2 Å². The van der Waals surface area contributed by atoms with Crippen molar-refractivity contribution < 1.29 is 19.1 Å². The first kappa shape index (κ1) is 14.3. The average Bonchev–Trinajstić information content (AvgIpc) is 3.29. The number of methoxy groups -OCH3 is 1. The van der Waals surface area contributed by atoms with Gasteiger partial charge >= 0.3 is 11.9 Å². The molecule has 2 rings (SSSR count). The number of anilines is 1. The molecular weight excluding hydrogens is 260 g/mol. The number of pyridine rings is 1. The summed E-state index contributed by atoms with van der Waals surface area (Å²) in [5.41, 5.74) is 0.423. The number of hydrogen-bond donors (Lipinski definition) is 0. The number of rotatable bonds is 6. The van der Waals surface area contributed by atoms with Crippen LogP contribution in [-0.2, 0) is 14.3 Å². The van der Waals surface area contributed by atoms with Crippen LogP contribution < -0.4 is 4.90 Å². The molecule has 0 radical (unpaired) electrons. The molecule has 1 aliphatic carbocycles. The lowest BCUT2D eigenvalue weighted by Crippen LogP contribution is -2.33. The van der Waals surface area contributed by atoms with Gasteiger partial charge < -0.3 is 14.4 Å². The van der Waals surface area contributed by atoms with Gasteiger partial charge in [-0.15, -0.1) is 0 Å². The standard InChI is InChI=1S/C14H18N2O4/c1-3-20-13(17)9-16(11-4-5-11)12-8-10(6-7-15-12)14(18)19-2/h6-8,11H,3-5,9H2,1-2H3. The van der Waals surface area contributed by atoms with Crippen molar-refractivity contribution in [1.29, 1.82) is 0 Å². The van der Waals surface area contributed by atoms with Crippen molar-refractivity contribution >= 4 is 17.8 Å². The fourth-order valence-corrected chi connectivity index (χ4v) is 1.95. The van der Waals surface area contributed by atoms with Crippen LogP contribution in [0.25, 0.3) is 0 Å². The van der Waals surface area contributed by atoms with E-state index in [1.54, 1.807) is 25.3 Å². The first-order chi connectivity index (χ1) is 9.65. The van der Waals surface area contributed by atoms with Crippen LogP contribution in [0.2, 0.25) is 0 Å². The summed E-state index contributed by atoms with van der Waals surface area (Å²) >= 11 is 0. The van der Waals surface area contributed by atoms with Gasteiger partial charge in [0.1, 0.15) is 12.4 Å². The van der Waals surface area contributed by atoms with Gasteiger partial charge in [-0.25, -0.2) is 9.78 Å². The maximum absolute atomic E-state index is 11.7. The summed E-state index contributed by atoms with van der Waals surface area (Å²) in [5, 5.41) is 0. The highest BCUT2D eigenvalue weighted by Gasteiger charge is 2.32. The van der Waals surface area contributed by atoms with Crippen LogP contribution in [0.3, 0.4) is 0 Å². The van der Waals surface area contributed by atoms with Crippen LogP contribution in [0.1, 0.15) is 30.1 Å². The number of ether oxygens (including phenoxy) is 2. The maximum atomic E-state index is 11.7. The number of nitrogens with zero attached hydrogens (tertiary/aromatic N) is 2. The van der Waals surface area contributed by atoms with Crippen LogP contribution in [-0.4, -0.2) is 43.2 Å². The fourth-order valence-electron chi connectivity index (χ4n) is 1.95. The van der Waals surface area contributed by atoms with Crippen molar-refractivity contribution in [2.45, 2.75) is 25.8 Å². The van der Waals surface area contributed by atoms with E-state index in [-0.39, 0.29) is 12.5 Å². The summed E-state index contributed by atoms with van der Waals surface area (Å²) in [6.45, 7) is 2.28. The smallest absolute Gasteiger partial charge is 0.338 e. The summed E-state index contributed by atoms with van der Waals surface area (Å²) in [6.07, 6.45) is 3.58. The maximum Gasteiger partial charge on any atom is 0.338 e. The Morgan fingerprint density at radius 2 is 2.20 bits per heavy atom. The van der Waals surface area contributed by atoms with Gasteiger partial charge in [0.2, 0.25) is 0 Å². The molecule has 1 saturated carbocycles. The van der Waals surface area contributed by atoms with E-state index >= 15 is 0 Å². The van der Waals surface area contributed by atoms with E-state index < -0.39 is 5.97 Å². The Morgan fingerprint density at radius 3 is 2.80 bits per heavy atom. The van der Waals surface area contributed by atoms with E-state index in [2.05, 4.69) is 9.72 Å². The van der Waals surface area contributed by atoms with E-state index in [0.717, 1.165) is 12.8 Å². The second-order valence-corrected chi connectivity index (χ2v) is 4.56. The molecule has 20 heavy (non-hydrogen) atoms. The third-order valence-electron chi connectivity index (χ3n) is 3.05. The second kappa shape index (κ2) is 6.36. The minimum Gasteiger partial charge on any atom is -0.465 e. The van der Waals surface area contributed by atoms with Crippen LogP contribution in [0.5, 0.6) is 0 Å². The summed E-state index contributed by atoms with van der Waals surface area (Å²) in [7, 11) is 1.33. The monoisotopic (exact) mass is 278 g/mol. The Kier molecular flexibility index (Phi) is 4.55. The van der Waals surface area contributed by atoms with Crippen LogP contribution in [0.4, 0.5) is 5.82 Å². The highest BCUT2D eigenvalue weighted by atomic mass is 16.5. The Labute approximate surface area is 117 Å². The second-order valence-electron chi connectivity index (χ2n) is 4.56. The van der Waals surface area contributed by atoms with E-state index in [4.69, 9.17) is 4.74 Å². The highest BCUT2D eigenvalue weighted by Crippen LogP contribution is 2.30. The van der Waals surface area contributed by atoms with Crippen LogP contribution >= 0.6 is 0 Å². The lowest BCUT2D eigenvalue weighted by Gasteiger charge is -2.22. The molecule has 0 aromatic carbocycles. The Hall–Kier alpha value is -2.11. The zero-order valence-electron chi connectivity index (χ0n) is 11.7. The molecule has 0 spiro atoms. The van der Waals surface area contributed by atoms with Crippen molar-refractivity contribution in [2.24, 2.45) is 0 Å². The van der Waals surface area contributed by atoms with E-state index in [1.807, 2.05) is 4.90 Å². The summed E-state index contributed by atoms with van der Waals surface area (Å²) < 4.78 is 9.66. The number of carbonyl (C=O) groups excluding carboxylic acids is 2. The normalized spacial score (nSPS) is 13.7. The molecule has 1 fully saturated rings. The van der Waals surface area contributed by atoms with Crippen molar-refractivity contribution in [3.63, 3.8) is 0 Å². The minimum absolute atomic E-state index is 0.149. The largest absolute Gasteiger partial charge is 0.465 e. The predicted octanol–water partition coefficient (Wildman–Crippen LogP) is 1.40. The molecule has 0 atom stereocenters. The summed E-state index contributed by atoms with van der Waals surface area (Å²) in [4.78, 5) is 29.3. The van der Waals surface area contributed by atoms with Gasteiger partial charge in [0.25, 0.3) is 0 Å². The lowest BCUT2D eigenvalue weighted by atomic mass is 10.2. The molecule has 0 saturated heterocycles. The Bertz CT molecular complexity index is 500. The third-order valence-corrected chi connectivity index (χ3v) is 3.05. The highest BCUT2D eigenvalue weighted by molar-refractivity contribution is 5.90. The van der Waals surface area contributed by atoms with Crippen molar-refractivity contribution in [1.82, 2.24) is 4.98 Å². The molecule has 6 nitrogen and oxygen atoms in total. The molecule has 1 aliphatic rings. The topological polar surface area (TPSA) is 68.7 Å².